The van der Waals surface area contributed by atoms with Crippen LogP contribution >= 0.6 is 0 Å². The summed E-state index contributed by atoms with van der Waals surface area (Å²) < 4.78 is 12.9. The fourth-order valence-corrected chi connectivity index (χ4v) is 2.43. The Kier molecular flexibility index (Phi) is 5.53. The van der Waals surface area contributed by atoms with Gasteiger partial charge in [-0.2, -0.15) is 0 Å². The minimum absolute atomic E-state index is 0.249. The smallest absolute Gasteiger partial charge is 0.271 e. The Morgan fingerprint density at radius 1 is 1.00 bits per heavy atom. The van der Waals surface area contributed by atoms with E-state index in [1.165, 1.54) is 12.1 Å². The van der Waals surface area contributed by atoms with Gasteiger partial charge in [0.25, 0.3) is 5.91 Å². The molecule has 0 unspecified atom stereocenters. The maximum Gasteiger partial charge on any atom is 0.271 e. The van der Waals surface area contributed by atoms with E-state index in [9.17, 15) is 9.18 Å². The summed E-state index contributed by atoms with van der Waals surface area (Å²) in [6, 6.07) is 17.4. The Balaban J connectivity index is 1.53. The molecule has 26 heavy (non-hydrogen) atoms. The van der Waals surface area contributed by atoms with Crippen LogP contribution in [-0.4, -0.2) is 22.6 Å². The van der Waals surface area contributed by atoms with Gasteiger partial charge >= 0.3 is 0 Å². The fourth-order valence-electron chi connectivity index (χ4n) is 2.43. The predicted octanol–water partition coefficient (Wildman–Crippen LogP) is 3.64. The first-order valence-electron chi connectivity index (χ1n) is 8.31. The van der Waals surface area contributed by atoms with Crippen LogP contribution in [0, 0.1) is 12.7 Å². The Morgan fingerprint density at radius 3 is 2.46 bits per heavy atom. The first kappa shape index (κ1) is 17.5. The third kappa shape index (κ3) is 4.63. The highest BCUT2D eigenvalue weighted by Crippen LogP contribution is 2.17. The minimum atomic E-state index is -0.290. The van der Waals surface area contributed by atoms with Crippen LogP contribution in [0.15, 0.2) is 60.7 Å². The van der Waals surface area contributed by atoms with Gasteiger partial charge in [0.15, 0.2) is 11.5 Å². The van der Waals surface area contributed by atoms with Gasteiger partial charge in [-0.15, -0.1) is 10.2 Å². The van der Waals surface area contributed by atoms with Crippen LogP contribution in [0.2, 0.25) is 0 Å². The number of benzene rings is 2. The summed E-state index contributed by atoms with van der Waals surface area (Å²) in [5, 5.41) is 14.0. The Hall–Kier alpha value is -3.28. The largest absolute Gasteiger partial charge is 0.350 e. The first-order valence-corrected chi connectivity index (χ1v) is 8.31. The zero-order chi connectivity index (χ0) is 18.4. The molecule has 0 radical (unpaired) electrons. The lowest BCUT2D eigenvalue weighted by molar-refractivity contribution is 0.0948. The lowest BCUT2D eigenvalue weighted by atomic mass is 10.1. The van der Waals surface area contributed by atoms with Gasteiger partial charge in [0.1, 0.15) is 5.82 Å². The van der Waals surface area contributed by atoms with E-state index >= 15 is 0 Å². The van der Waals surface area contributed by atoms with Crippen molar-refractivity contribution < 1.29 is 9.18 Å². The zero-order valence-corrected chi connectivity index (χ0v) is 14.4. The highest BCUT2D eigenvalue weighted by atomic mass is 19.1. The van der Waals surface area contributed by atoms with E-state index in [0.717, 1.165) is 16.8 Å². The van der Waals surface area contributed by atoms with Crippen LogP contribution in [0.5, 0.6) is 0 Å². The lowest BCUT2D eigenvalue weighted by Gasteiger charge is -2.08. The maximum absolute atomic E-state index is 12.9. The number of aromatic nitrogens is 2. The van der Waals surface area contributed by atoms with Crippen molar-refractivity contribution in [2.75, 3.05) is 11.9 Å². The second kappa shape index (κ2) is 8.20. The third-order valence-corrected chi connectivity index (χ3v) is 3.92. The van der Waals surface area contributed by atoms with E-state index in [-0.39, 0.29) is 17.4 Å². The topological polar surface area (TPSA) is 66.9 Å². The molecule has 3 rings (SSSR count). The van der Waals surface area contributed by atoms with Crippen molar-refractivity contribution in [1.29, 1.82) is 0 Å². The van der Waals surface area contributed by atoms with Gasteiger partial charge in [0.05, 0.1) is 0 Å². The molecule has 0 spiro atoms. The number of carbonyl (C=O) groups is 1. The number of para-hydroxylation sites is 1. The van der Waals surface area contributed by atoms with Crippen LogP contribution in [0.3, 0.4) is 0 Å². The minimum Gasteiger partial charge on any atom is -0.350 e. The molecule has 0 fully saturated rings. The second-order valence-electron chi connectivity index (χ2n) is 5.88. The zero-order valence-electron chi connectivity index (χ0n) is 14.4. The molecule has 6 heteroatoms. The van der Waals surface area contributed by atoms with E-state index in [2.05, 4.69) is 20.8 Å². The van der Waals surface area contributed by atoms with Crippen LogP contribution in [0.1, 0.15) is 21.6 Å². The van der Waals surface area contributed by atoms with Crippen LogP contribution in [0.25, 0.3) is 0 Å². The van der Waals surface area contributed by atoms with Gasteiger partial charge in [-0.1, -0.05) is 30.3 Å². The Morgan fingerprint density at radius 2 is 1.77 bits per heavy atom. The summed E-state index contributed by atoms with van der Waals surface area (Å²) in [5.41, 5.74) is 3.24. The molecule has 0 saturated heterocycles. The van der Waals surface area contributed by atoms with Crippen molar-refractivity contribution in [3.05, 3.63) is 83.3 Å². The number of rotatable bonds is 6. The molecule has 1 heterocycles. The van der Waals surface area contributed by atoms with Crippen LogP contribution in [-0.2, 0) is 6.42 Å². The summed E-state index contributed by atoms with van der Waals surface area (Å²) in [6.45, 7) is 2.44. The quantitative estimate of drug-likeness (QED) is 0.712. The van der Waals surface area contributed by atoms with E-state index in [1.54, 1.807) is 24.3 Å². The van der Waals surface area contributed by atoms with Gasteiger partial charge in [-0.25, -0.2) is 4.39 Å². The van der Waals surface area contributed by atoms with Crippen LogP contribution in [0.4, 0.5) is 15.9 Å². The summed E-state index contributed by atoms with van der Waals surface area (Å²) in [5.74, 6) is 0.0108. The van der Waals surface area contributed by atoms with E-state index in [1.807, 2.05) is 31.2 Å². The van der Waals surface area contributed by atoms with Crippen molar-refractivity contribution in [1.82, 2.24) is 15.5 Å². The van der Waals surface area contributed by atoms with Gasteiger partial charge in [0, 0.05) is 12.2 Å². The predicted molar refractivity (Wildman–Crippen MR) is 98.9 cm³/mol. The molecule has 132 valence electrons. The highest BCUT2D eigenvalue weighted by Gasteiger charge is 2.08. The normalized spacial score (nSPS) is 10.4. The molecule has 1 amide bonds. The average molecular weight is 350 g/mol. The van der Waals surface area contributed by atoms with Gasteiger partial charge in [0.2, 0.25) is 0 Å². The van der Waals surface area contributed by atoms with Gasteiger partial charge in [-0.3, -0.25) is 4.79 Å². The molecule has 3 aromatic rings. The van der Waals surface area contributed by atoms with Crippen molar-refractivity contribution in [3.63, 3.8) is 0 Å². The number of anilines is 2. The average Bonchev–Trinajstić information content (AvgIpc) is 2.66. The monoisotopic (exact) mass is 350 g/mol. The van der Waals surface area contributed by atoms with E-state index < -0.39 is 0 Å². The number of carbonyl (C=O) groups excluding carboxylic acids is 1. The van der Waals surface area contributed by atoms with Crippen LogP contribution < -0.4 is 10.6 Å². The van der Waals surface area contributed by atoms with E-state index in [0.29, 0.717) is 18.8 Å². The number of hydrogen-bond donors (Lipinski definition) is 2. The molecule has 5 nitrogen and oxygen atoms in total. The van der Waals surface area contributed by atoms with Gasteiger partial charge in [-0.05, 0) is 54.8 Å². The summed E-state index contributed by atoms with van der Waals surface area (Å²) in [6.07, 6.45) is 0.617. The number of hydrogen-bond acceptors (Lipinski definition) is 4. The fraction of sp³-hybridized carbons (Fsp3) is 0.150. The molecule has 0 bridgehead atoms. The lowest BCUT2D eigenvalue weighted by Crippen LogP contribution is -2.26. The SMILES string of the molecule is Cc1ccccc1Nc1ccc(C(=O)NCCc2ccc(F)cc2)nn1. The van der Waals surface area contributed by atoms with Crippen molar-refractivity contribution in [2.24, 2.45) is 0 Å². The molecular formula is C20H19FN4O. The Bertz CT molecular complexity index is 879. The molecule has 0 aliphatic carbocycles. The molecule has 2 aromatic carbocycles. The number of nitrogens with zero attached hydrogens (tertiary/aromatic N) is 2. The molecule has 0 atom stereocenters. The number of amides is 1. The molecule has 0 aliphatic rings. The number of nitrogens with one attached hydrogen (secondary N) is 2. The number of halogens is 1. The Labute approximate surface area is 151 Å². The molecular weight excluding hydrogens is 331 g/mol. The standard InChI is InChI=1S/C20H19FN4O/c1-14-4-2-3-5-17(14)23-19-11-10-18(24-25-19)20(26)22-13-12-15-6-8-16(21)9-7-15/h2-11H,12-13H2,1H3,(H,22,26)(H,23,25). The van der Waals surface area contributed by atoms with Crippen molar-refractivity contribution in [2.45, 2.75) is 13.3 Å². The summed E-state index contributed by atoms with van der Waals surface area (Å²) in [4.78, 5) is 12.1. The second-order valence-corrected chi connectivity index (χ2v) is 5.88. The van der Waals surface area contributed by atoms with E-state index in [4.69, 9.17) is 0 Å². The molecule has 0 aliphatic heterocycles. The third-order valence-electron chi connectivity index (χ3n) is 3.92. The summed E-state index contributed by atoms with van der Waals surface area (Å²) >= 11 is 0. The van der Waals surface area contributed by atoms with Crippen molar-refractivity contribution >= 4 is 17.4 Å². The molecule has 1 aromatic heterocycles. The van der Waals surface area contributed by atoms with Crippen molar-refractivity contribution in [3.8, 4) is 0 Å². The highest BCUT2D eigenvalue weighted by molar-refractivity contribution is 5.92. The molecule has 2 N–H and O–H groups in total. The summed E-state index contributed by atoms with van der Waals surface area (Å²) in [7, 11) is 0. The van der Waals surface area contributed by atoms with Gasteiger partial charge < -0.3 is 10.6 Å². The maximum atomic E-state index is 12.9. The molecule has 0 saturated carbocycles. The number of aryl methyl sites for hydroxylation is 1. The first-order chi connectivity index (χ1) is 12.6.